The summed E-state index contributed by atoms with van der Waals surface area (Å²) in [4.78, 5) is 13.7. The highest BCUT2D eigenvalue weighted by atomic mass is 79.9. The first kappa shape index (κ1) is 15.1. The third-order valence-corrected chi connectivity index (χ3v) is 2.20. The molecule has 0 unspecified atom stereocenters. The van der Waals surface area contributed by atoms with Gasteiger partial charge in [-0.05, 0) is 38.4 Å². The predicted molar refractivity (Wildman–Crippen MR) is 70.8 cm³/mol. The minimum absolute atomic E-state index is 0. The number of rotatable bonds is 5. The van der Waals surface area contributed by atoms with Crippen molar-refractivity contribution in [1.82, 2.24) is 4.90 Å². The smallest absolute Gasteiger partial charge is 0.164 e. The molecule has 0 aliphatic rings. The lowest BCUT2D eigenvalue weighted by Crippen LogP contribution is -2.16. The van der Waals surface area contributed by atoms with Crippen molar-refractivity contribution in [2.24, 2.45) is 0 Å². The highest BCUT2D eigenvalue weighted by Gasteiger charge is 2.05. The van der Waals surface area contributed by atoms with Crippen LogP contribution >= 0.6 is 17.0 Å². The minimum atomic E-state index is 0. The summed E-state index contributed by atoms with van der Waals surface area (Å²) >= 11 is 0. The van der Waals surface area contributed by atoms with Crippen LogP contribution in [0.25, 0.3) is 0 Å². The number of methoxy groups -OCH3 is 1. The second kappa shape index (κ2) is 7.41. The van der Waals surface area contributed by atoms with Crippen molar-refractivity contribution < 1.29 is 9.53 Å². The van der Waals surface area contributed by atoms with E-state index in [2.05, 4.69) is 0 Å². The average molecular weight is 288 g/mol. The van der Waals surface area contributed by atoms with E-state index in [4.69, 9.17) is 4.74 Å². The standard InChI is InChI=1S/C12H17NO2.BrH/c1-13(2)9-8-12(14)10-4-6-11(15-3)7-5-10;/h4-7H,8-9H2,1-3H3;1H. The Bertz CT molecular complexity index is 322. The lowest BCUT2D eigenvalue weighted by molar-refractivity contribution is 0.0972. The van der Waals surface area contributed by atoms with Gasteiger partial charge in [0.2, 0.25) is 0 Å². The van der Waals surface area contributed by atoms with Gasteiger partial charge in [-0.3, -0.25) is 4.79 Å². The number of carbonyl (C=O) groups excluding carboxylic acids is 1. The first-order chi connectivity index (χ1) is 7.13. The van der Waals surface area contributed by atoms with E-state index in [0.717, 1.165) is 17.9 Å². The molecule has 16 heavy (non-hydrogen) atoms. The molecule has 3 nitrogen and oxygen atoms in total. The largest absolute Gasteiger partial charge is 0.497 e. The van der Waals surface area contributed by atoms with E-state index in [1.165, 1.54) is 0 Å². The van der Waals surface area contributed by atoms with E-state index in [0.29, 0.717) is 6.42 Å². The number of nitrogens with zero attached hydrogens (tertiary/aromatic N) is 1. The Morgan fingerprint density at radius 3 is 2.25 bits per heavy atom. The molecule has 4 heteroatoms. The Balaban J connectivity index is 0.00000225. The fourth-order valence-electron chi connectivity index (χ4n) is 1.25. The van der Waals surface area contributed by atoms with Gasteiger partial charge in [-0.25, -0.2) is 0 Å². The van der Waals surface area contributed by atoms with Crippen molar-refractivity contribution in [3.05, 3.63) is 29.8 Å². The Hall–Kier alpha value is -0.870. The molecule has 0 heterocycles. The Labute approximate surface area is 107 Å². The van der Waals surface area contributed by atoms with Crippen LogP contribution in [0.2, 0.25) is 0 Å². The van der Waals surface area contributed by atoms with Gasteiger partial charge in [0.1, 0.15) is 5.75 Å². The van der Waals surface area contributed by atoms with Crippen LogP contribution in [-0.4, -0.2) is 38.4 Å². The second-order valence-electron chi connectivity index (χ2n) is 3.70. The van der Waals surface area contributed by atoms with Crippen molar-refractivity contribution in [3.63, 3.8) is 0 Å². The van der Waals surface area contributed by atoms with E-state index >= 15 is 0 Å². The van der Waals surface area contributed by atoms with E-state index in [9.17, 15) is 4.79 Å². The summed E-state index contributed by atoms with van der Waals surface area (Å²) in [6.07, 6.45) is 0.555. The lowest BCUT2D eigenvalue weighted by Gasteiger charge is -2.08. The van der Waals surface area contributed by atoms with Gasteiger partial charge in [0.15, 0.2) is 5.78 Å². The zero-order valence-corrected chi connectivity index (χ0v) is 11.6. The predicted octanol–water partition coefficient (Wildman–Crippen LogP) is 2.41. The molecular weight excluding hydrogens is 270 g/mol. The van der Waals surface area contributed by atoms with Crippen molar-refractivity contribution in [2.45, 2.75) is 6.42 Å². The maximum absolute atomic E-state index is 11.7. The maximum Gasteiger partial charge on any atom is 0.164 e. The van der Waals surface area contributed by atoms with Crippen LogP contribution in [0.4, 0.5) is 0 Å². The third-order valence-electron chi connectivity index (χ3n) is 2.20. The topological polar surface area (TPSA) is 29.5 Å². The van der Waals surface area contributed by atoms with Crippen molar-refractivity contribution in [3.8, 4) is 5.75 Å². The Morgan fingerprint density at radius 2 is 1.81 bits per heavy atom. The molecule has 0 aromatic heterocycles. The summed E-state index contributed by atoms with van der Waals surface area (Å²) in [6, 6.07) is 7.22. The normalized spacial score (nSPS) is 9.75. The summed E-state index contributed by atoms with van der Waals surface area (Å²) in [7, 11) is 5.53. The summed E-state index contributed by atoms with van der Waals surface area (Å²) in [6.45, 7) is 0.783. The van der Waals surface area contributed by atoms with Gasteiger partial charge >= 0.3 is 0 Å². The molecule has 0 aliphatic carbocycles. The number of carbonyl (C=O) groups is 1. The lowest BCUT2D eigenvalue weighted by atomic mass is 10.1. The molecule has 0 N–H and O–H groups in total. The van der Waals surface area contributed by atoms with E-state index in [-0.39, 0.29) is 22.8 Å². The molecule has 1 aromatic rings. The second-order valence-corrected chi connectivity index (χ2v) is 3.70. The van der Waals surface area contributed by atoms with Crippen molar-refractivity contribution >= 4 is 22.8 Å². The van der Waals surface area contributed by atoms with Crippen LogP contribution in [0.1, 0.15) is 16.8 Å². The molecular formula is C12H18BrNO2. The number of ether oxygens (including phenoxy) is 1. The molecule has 0 saturated carbocycles. The van der Waals surface area contributed by atoms with Crippen LogP contribution in [0, 0.1) is 0 Å². The van der Waals surface area contributed by atoms with Crippen molar-refractivity contribution in [2.75, 3.05) is 27.7 Å². The first-order valence-electron chi connectivity index (χ1n) is 4.95. The third kappa shape index (κ3) is 4.77. The Kier molecular flexibility index (Phi) is 7.01. The van der Waals surface area contributed by atoms with Crippen LogP contribution in [0.5, 0.6) is 5.75 Å². The number of ketones is 1. The number of halogens is 1. The van der Waals surface area contributed by atoms with Gasteiger partial charge in [0.25, 0.3) is 0 Å². The van der Waals surface area contributed by atoms with Crippen molar-refractivity contribution in [1.29, 1.82) is 0 Å². The zero-order valence-electron chi connectivity index (χ0n) is 9.90. The molecule has 0 bridgehead atoms. The van der Waals surface area contributed by atoms with Gasteiger partial charge in [0, 0.05) is 18.5 Å². The molecule has 0 spiro atoms. The fourth-order valence-corrected chi connectivity index (χ4v) is 1.25. The molecule has 0 aliphatic heterocycles. The van der Waals surface area contributed by atoms with Crippen LogP contribution < -0.4 is 4.74 Å². The monoisotopic (exact) mass is 287 g/mol. The van der Waals surface area contributed by atoms with Gasteiger partial charge in [-0.15, -0.1) is 17.0 Å². The van der Waals surface area contributed by atoms with Gasteiger partial charge in [-0.1, -0.05) is 0 Å². The number of hydrogen-bond donors (Lipinski definition) is 0. The first-order valence-corrected chi connectivity index (χ1v) is 4.95. The summed E-state index contributed by atoms with van der Waals surface area (Å²) in [5.41, 5.74) is 0.748. The van der Waals surface area contributed by atoms with Crippen LogP contribution in [-0.2, 0) is 0 Å². The molecule has 0 saturated heterocycles. The molecule has 90 valence electrons. The molecule has 0 amide bonds. The summed E-state index contributed by atoms with van der Waals surface area (Å²) in [5, 5.41) is 0. The average Bonchev–Trinajstić information content (AvgIpc) is 2.26. The number of benzene rings is 1. The highest BCUT2D eigenvalue weighted by Crippen LogP contribution is 2.12. The summed E-state index contributed by atoms with van der Waals surface area (Å²) in [5.74, 6) is 0.950. The van der Waals surface area contributed by atoms with E-state index in [1.807, 2.05) is 31.1 Å². The maximum atomic E-state index is 11.7. The van der Waals surface area contributed by atoms with Crippen LogP contribution in [0.3, 0.4) is 0 Å². The number of hydrogen-bond acceptors (Lipinski definition) is 3. The SMILES string of the molecule is Br.COc1ccc(C(=O)CCN(C)C)cc1. The van der Waals surface area contributed by atoms with Crippen LogP contribution in [0.15, 0.2) is 24.3 Å². The van der Waals surface area contributed by atoms with Gasteiger partial charge in [0.05, 0.1) is 7.11 Å². The number of Topliss-reactive ketones (excluding diaryl/α,β-unsaturated/α-hetero) is 1. The van der Waals surface area contributed by atoms with Gasteiger partial charge in [-0.2, -0.15) is 0 Å². The molecule has 1 rings (SSSR count). The van der Waals surface area contributed by atoms with E-state index in [1.54, 1.807) is 19.2 Å². The minimum Gasteiger partial charge on any atom is -0.497 e. The quantitative estimate of drug-likeness (QED) is 0.779. The molecule has 0 atom stereocenters. The Morgan fingerprint density at radius 1 is 1.25 bits per heavy atom. The highest BCUT2D eigenvalue weighted by molar-refractivity contribution is 8.93. The van der Waals surface area contributed by atoms with E-state index < -0.39 is 0 Å². The fraction of sp³-hybridized carbons (Fsp3) is 0.417. The molecule has 0 fully saturated rings. The molecule has 1 aromatic carbocycles. The van der Waals surface area contributed by atoms with Gasteiger partial charge < -0.3 is 9.64 Å². The summed E-state index contributed by atoms with van der Waals surface area (Å²) < 4.78 is 5.03. The zero-order chi connectivity index (χ0) is 11.3. The molecule has 0 radical (unpaired) electrons.